The van der Waals surface area contributed by atoms with Crippen molar-refractivity contribution in [2.45, 2.75) is 19.9 Å². The lowest BCUT2D eigenvalue weighted by Crippen LogP contribution is -2.27. The van der Waals surface area contributed by atoms with Crippen LogP contribution in [0.25, 0.3) is 0 Å². The van der Waals surface area contributed by atoms with Crippen LogP contribution in [0.5, 0.6) is 5.88 Å². The van der Waals surface area contributed by atoms with Gasteiger partial charge in [-0.15, -0.1) is 0 Å². The van der Waals surface area contributed by atoms with Crippen LogP contribution in [0.15, 0.2) is 51.9 Å². The number of nitriles is 1. The van der Waals surface area contributed by atoms with Gasteiger partial charge in [0.25, 0.3) is 5.56 Å². The number of aromatic hydroxyl groups is 1. The molecular formula is C20H15ClN2O4. The minimum Gasteiger partial charge on any atom is -0.494 e. The Morgan fingerprint density at radius 2 is 2.00 bits per heavy atom. The Kier molecular flexibility index (Phi) is 5.15. The SMILES string of the molecule is Cc1c(C(=O)Cc2ccc(Cl)cc2)c(O)n(Cc2ccco2)c(=O)c1C#N. The van der Waals surface area contributed by atoms with Crippen molar-refractivity contribution in [3.8, 4) is 11.9 Å². The maximum Gasteiger partial charge on any atom is 0.271 e. The van der Waals surface area contributed by atoms with Gasteiger partial charge in [-0.25, -0.2) is 0 Å². The van der Waals surface area contributed by atoms with Crippen molar-refractivity contribution in [2.75, 3.05) is 0 Å². The summed E-state index contributed by atoms with van der Waals surface area (Å²) in [7, 11) is 0. The molecule has 3 aromatic rings. The van der Waals surface area contributed by atoms with Crippen molar-refractivity contribution in [3.63, 3.8) is 0 Å². The third-order valence-corrected chi connectivity index (χ3v) is 4.50. The number of hydrogen-bond acceptors (Lipinski definition) is 5. The fourth-order valence-corrected chi connectivity index (χ4v) is 2.99. The Hall–Kier alpha value is -3.30. The van der Waals surface area contributed by atoms with Gasteiger partial charge < -0.3 is 9.52 Å². The fraction of sp³-hybridized carbons (Fsp3) is 0.150. The molecule has 0 unspecified atom stereocenters. The first kappa shape index (κ1) is 18.5. The zero-order chi connectivity index (χ0) is 19.6. The monoisotopic (exact) mass is 382 g/mol. The Labute approximate surface area is 159 Å². The quantitative estimate of drug-likeness (QED) is 0.682. The molecule has 0 aliphatic carbocycles. The summed E-state index contributed by atoms with van der Waals surface area (Å²) < 4.78 is 6.18. The van der Waals surface area contributed by atoms with Crippen LogP contribution in [0.1, 0.15) is 32.8 Å². The molecule has 0 saturated heterocycles. The van der Waals surface area contributed by atoms with Crippen LogP contribution < -0.4 is 5.56 Å². The van der Waals surface area contributed by atoms with Crippen LogP contribution in [0.3, 0.4) is 0 Å². The number of carbonyl (C=O) groups excluding carboxylic acids is 1. The molecule has 1 N–H and O–H groups in total. The van der Waals surface area contributed by atoms with E-state index in [9.17, 15) is 20.0 Å². The molecule has 0 aliphatic rings. The van der Waals surface area contributed by atoms with Crippen LogP contribution in [-0.4, -0.2) is 15.5 Å². The lowest BCUT2D eigenvalue weighted by molar-refractivity contribution is 0.0988. The van der Waals surface area contributed by atoms with E-state index in [1.54, 1.807) is 36.4 Å². The van der Waals surface area contributed by atoms with E-state index in [-0.39, 0.29) is 29.7 Å². The molecule has 0 aliphatic heterocycles. The van der Waals surface area contributed by atoms with Gasteiger partial charge in [0.1, 0.15) is 17.4 Å². The van der Waals surface area contributed by atoms with Crippen LogP contribution in [0.4, 0.5) is 0 Å². The second kappa shape index (κ2) is 7.52. The molecule has 1 aromatic carbocycles. The molecule has 0 amide bonds. The predicted octanol–water partition coefficient (Wildman–Crippen LogP) is 3.45. The molecule has 0 radical (unpaired) electrons. The zero-order valence-corrected chi connectivity index (χ0v) is 15.2. The lowest BCUT2D eigenvalue weighted by atomic mass is 9.97. The van der Waals surface area contributed by atoms with Crippen molar-refractivity contribution in [2.24, 2.45) is 0 Å². The first-order valence-corrected chi connectivity index (χ1v) is 8.46. The minimum atomic E-state index is -0.674. The largest absolute Gasteiger partial charge is 0.494 e. The molecule has 0 atom stereocenters. The van der Waals surface area contributed by atoms with E-state index in [1.165, 1.54) is 13.2 Å². The third kappa shape index (κ3) is 3.64. The molecule has 2 heterocycles. The van der Waals surface area contributed by atoms with E-state index in [4.69, 9.17) is 16.0 Å². The summed E-state index contributed by atoms with van der Waals surface area (Å²) in [4.78, 5) is 25.4. The summed E-state index contributed by atoms with van der Waals surface area (Å²) >= 11 is 5.85. The highest BCUT2D eigenvalue weighted by atomic mass is 35.5. The average molecular weight is 383 g/mol. The highest BCUT2D eigenvalue weighted by Crippen LogP contribution is 2.25. The number of rotatable bonds is 5. The lowest BCUT2D eigenvalue weighted by Gasteiger charge is -2.15. The molecule has 3 rings (SSSR count). The van der Waals surface area contributed by atoms with Gasteiger partial charge in [-0.3, -0.25) is 14.2 Å². The molecule has 6 nitrogen and oxygen atoms in total. The van der Waals surface area contributed by atoms with Gasteiger partial charge in [-0.05, 0) is 42.3 Å². The number of halogens is 1. The number of Topliss-reactive ketones (excluding diaryl/α,β-unsaturated/α-hetero) is 1. The molecule has 0 spiro atoms. The second-order valence-electron chi connectivity index (χ2n) is 6.01. The van der Waals surface area contributed by atoms with Crippen molar-refractivity contribution in [3.05, 3.63) is 86.1 Å². The van der Waals surface area contributed by atoms with Gasteiger partial charge in [0.2, 0.25) is 5.88 Å². The molecule has 27 heavy (non-hydrogen) atoms. The summed E-state index contributed by atoms with van der Waals surface area (Å²) in [6.45, 7) is 1.39. The number of furan rings is 1. The third-order valence-electron chi connectivity index (χ3n) is 4.25. The number of pyridine rings is 1. The fourth-order valence-electron chi connectivity index (χ4n) is 2.87. The van der Waals surface area contributed by atoms with Gasteiger partial charge in [0.05, 0.1) is 18.4 Å². The van der Waals surface area contributed by atoms with Gasteiger partial charge >= 0.3 is 0 Å². The van der Waals surface area contributed by atoms with Crippen LogP contribution >= 0.6 is 11.6 Å². The number of hydrogen-bond donors (Lipinski definition) is 1. The van der Waals surface area contributed by atoms with Crippen molar-refractivity contribution in [1.82, 2.24) is 4.57 Å². The number of ketones is 1. The summed E-state index contributed by atoms with van der Waals surface area (Å²) in [5.74, 6) is -0.472. The van der Waals surface area contributed by atoms with Crippen molar-refractivity contribution < 1.29 is 14.3 Å². The Balaban J connectivity index is 2.08. The summed E-state index contributed by atoms with van der Waals surface area (Å²) in [6.07, 6.45) is 1.43. The molecule has 2 aromatic heterocycles. The Morgan fingerprint density at radius 1 is 1.30 bits per heavy atom. The average Bonchev–Trinajstić information content (AvgIpc) is 3.14. The van der Waals surface area contributed by atoms with E-state index < -0.39 is 17.2 Å². The minimum absolute atomic E-state index is 0.00457. The van der Waals surface area contributed by atoms with Crippen LogP contribution in [-0.2, 0) is 13.0 Å². The Bertz CT molecular complexity index is 1090. The van der Waals surface area contributed by atoms with E-state index in [0.29, 0.717) is 16.3 Å². The number of aromatic nitrogens is 1. The Morgan fingerprint density at radius 3 is 2.59 bits per heavy atom. The first-order valence-electron chi connectivity index (χ1n) is 8.09. The summed E-state index contributed by atoms with van der Waals surface area (Å²) in [6, 6.07) is 11.8. The summed E-state index contributed by atoms with van der Waals surface area (Å²) in [5, 5.41) is 20.5. The molecule has 0 bridgehead atoms. The van der Waals surface area contributed by atoms with Crippen molar-refractivity contribution >= 4 is 17.4 Å². The van der Waals surface area contributed by atoms with E-state index in [0.717, 1.165) is 4.57 Å². The first-order chi connectivity index (χ1) is 12.9. The number of benzene rings is 1. The highest BCUT2D eigenvalue weighted by Gasteiger charge is 2.24. The zero-order valence-electron chi connectivity index (χ0n) is 14.4. The number of carbonyl (C=O) groups is 1. The van der Waals surface area contributed by atoms with Crippen LogP contribution in [0.2, 0.25) is 5.02 Å². The molecular weight excluding hydrogens is 368 g/mol. The van der Waals surface area contributed by atoms with Crippen LogP contribution in [0, 0.1) is 18.3 Å². The van der Waals surface area contributed by atoms with Gasteiger partial charge in [-0.1, -0.05) is 23.7 Å². The normalized spacial score (nSPS) is 10.6. The van der Waals surface area contributed by atoms with Gasteiger partial charge in [0.15, 0.2) is 5.78 Å². The van der Waals surface area contributed by atoms with E-state index in [2.05, 4.69) is 0 Å². The predicted molar refractivity (Wildman–Crippen MR) is 99.1 cm³/mol. The topological polar surface area (TPSA) is 96.2 Å². The van der Waals surface area contributed by atoms with Gasteiger partial charge in [-0.2, -0.15) is 5.26 Å². The van der Waals surface area contributed by atoms with E-state index in [1.807, 2.05) is 6.07 Å². The smallest absolute Gasteiger partial charge is 0.271 e. The molecule has 0 saturated carbocycles. The number of nitrogens with zero attached hydrogens (tertiary/aromatic N) is 2. The second-order valence-corrected chi connectivity index (χ2v) is 6.44. The highest BCUT2D eigenvalue weighted by molar-refractivity contribution is 6.30. The standard InChI is InChI=1S/C20H15ClN2O4/c1-12-16(10-22)19(25)23(11-15-3-2-8-27-15)20(26)18(12)17(24)9-13-4-6-14(21)7-5-13/h2-8,26H,9,11H2,1H3. The summed E-state index contributed by atoms with van der Waals surface area (Å²) in [5.41, 5.74) is -0.0430. The molecule has 0 fully saturated rings. The maximum atomic E-state index is 12.8. The van der Waals surface area contributed by atoms with E-state index >= 15 is 0 Å². The molecule has 7 heteroatoms. The van der Waals surface area contributed by atoms with Crippen molar-refractivity contribution in [1.29, 1.82) is 5.26 Å². The maximum absolute atomic E-state index is 12.8. The molecule has 136 valence electrons. The van der Waals surface area contributed by atoms with Gasteiger partial charge in [0, 0.05) is 11.4 Å².